The van der Waals surface area contributed by atoms with Crippen LogP contribution in [0.1, 0.15) is 49.8 Å². The highest BCUT2D eigenvalue weighted by atomic mass is 16.5. The molecule has 1 heterocycles. The molecule has 1 N–H and O–H groups in total. The number of piperidine rings is 1. The van der Waals surface area contributed by atoms with Crippen molar-refractivity contribution in [2.75, 3.05) is 6.54 Å². The van der Waals surface area contributed by atoms with E-state index in [4.69, 9.17) is 4.74 Å². The molecule has 5 heteroatoms. The van der Waals surface area contributed by atoms with Crippen molar-refractivity contribution in [3.8, 4) is 11.8 Å². The number of hydrogen-bond donors (Lipinski definition) is 1. The normalized spacial score (nSPS) is 17.9. The molecular weight excluding hydrogens is 362 g/mol. The first kappa shape index (κ1) is 20.9. The van der Waals surface area contributed by atoms with E-state index in [1.165, 1.54) is 24.8 Å². The van der Waals surface area contributed by atoms with Gasteiger partial charge in [-0.15, -0.1) is 0 Å². The van der Waals surface area contributed by atoms with Gasteiger partial charge >= 0.3 is 0 Å². The van der Waals surface area contributed by atoms with Gasteiger partial charge in [-0.3, -0.25) is 9.69 Å². The lowest BCUT2D eigenvalue weighted by Gasteiger charge is -2.33. The molecule has 5 nitrogen and oxygen atoms in total. The fourth-order valence-electron chi connectivity index (χ4n) is 3.73. The highest BCUT2D eigenvalue weighted by Crippen LogP contribution is 2.21. The van der Waals surface area contributed by atoms with Crippen LogP contribution in [0.25, 0.3) is 0 Å². The third-order valence-electron chi connectivity index (χ3n) is 5.57. The molecule has 1 aliphatic heterocycles. The third-order valence-corrected chi connectivity index (χ3v) is 5.57. The van der Waals surface area contributed by atoms with Crippen LogP contribution < -0.4 is 10.1 Å². The molecule has 2 aromatic rings. The number of carbonyl (C=O) groups excluding carboxylic acids is 1. The van der Waals surface area contributed by atoms with Gasteiger partial charge in [0.15, 0.2) is 6.10 Å². The fourth-order valence-corrected chi connectivity index (χ4v) is 3.73. The molecule has 0 aliphatic carbocycles. The maximum absolute atomic E-state index is 12.5. The first-order chi connectivity index (χ1) is 14.1. The summed E-state index contributed by atoms with van der Waals surface area (Å²) in [4.78, 5) is 15.1. The van der Waals surface area contributed by atoms with E-state index in [2.05, 4.69) is 41.4 Å². The van der Waals surface area contributed by atoms with Gasteiger partial charge in [-0.25, -0.2) is 0 Å². The average Bonchev–Trinajstić information content (AvgIpc) is 2.74. The summed E-state index contributed by atoms with van der Waals surface area (Å²) in [7, 11) is 0. The Morgan fingerprint density at radius 2 is 1.93 bits per heavy atom. The number of amides is 1. The van der Waals surface area contributed by atoms with Gasteiger partial charge in [-0.1, -0.05) is 42.8 Å². The molecule has 1 saturated heterocycles. The second-order valence-electron chi connectivity index (χ2n) is 7.67. The molecular formula is C24H29N3O2. The van der Waals surface area contributed by atoms with E-state index in [1.807, 2.05) is 6.07 Å². The Bertz CT molecular complexity index is 874. The number of carbonyl (C=O) groups is 1. The van der Waals surface area contributed by atoms with Crippen LogP contribution in [0, 0.1) is 11.3 Å². The zero-order chi connectivity index (χ0) is 20.6. The van der Waals surface area contributed by atoms with Gasteiger partial charge in [0.1, 0.15) is 11.8 Å². The Labute approximate surface area is 173 Å². The largest absolute Gasteiger partial charge is 0.480 e. The van der Waals surface area contributed by atoms with Crippen LogP contribution in [0.15, 0.2) is 48.5 Å². The van der Waals surface area contributed by atoms with Crippen LogP contribution in [0.2, 0.25) is 0 Å². The molecule has 0 spiro atoms. The molecule has 0 unspecified atom stereocenters. The van der Waals surface area contributed by atoms with E-state index in [9.17, 15) is 10.1 Å². The molecule has 0 radical (unpaired) electrons. The monoisotopic (exact) mass is 391 g/mol. The van der Waals surface area contributed by atoms with Crippen LogP contribution in [0.3, 0.4) is 0 Å². The van der Waals surface area contributed by atoms with Crippen LogP contribution in [0.4, 0.5) is 0 Å². The predicted octanol–water partition coefficient (Wildman–Crippen LogP) is 4.02. The molecule has 0 aromatic heterocycles. The predicted molar refractivity (Wildman–Crippen MR) is 113 cm³/mol. The molecule has 2 aromatic carbocycles. The Balaban J connectivity index is 1.59. The van der Waals surface area contributed by atoms with Crippen molar-refractivity contribution >= 4 is 5.91 Å². The second kappa shape index (κ2) is 10.1. The molecule has 1 amide bonds. The smallest absolute Gasteiger partial charge is 0.261 e. The van der Waals surface area contributed by atoms with Crippen LogP contribution >= 0.6 is 0 Å². The molecule has 1 fully saturated rings. The van der Waals surface area contributed by atoms with Gasteiger partial charge in [0.2, 0.25) is 0 Å². The number of nitrogens with zero attached hydrogens (tertiary/aromatic N) is 2. The third kappa shape index (κ3) is 5.58. The number of likely N-dealkylation sites (tertiary alicyclic amines) is 1. The van der Waals surface area contributed by atoms with Crippen molar-refractivity contribution < 1.29 is 9.53 Å². The van der Waals surface area contributed by atoms with E-state index in [0.717, 1.165) is 18.7 Å². The zero-order valence-corrected chi connectivity index (χ0v) is 17.2. The molecule has 0 saturated carbocycles. The van der Waals surface area contributed by atoms with Gasteiger partial charge in [-0.05, 0) is 56.5 Å². The number of rotatable bonds is 7. The van der Waals surface area contributed by atoms with E-state index < -0.39 is 6.10 Å². The topological polar surface area (TPSA) is 65.4 Å². The summed E-state index contributed by atoms with van der Waals surface area (Å²) in [6.45, 7) is 6.50. The summed E-state index contributed by atoms with van der Waals surface area (Å²) in [5.74, 6) is 0.232. The van der Waals surface area contributed by atoms with Crippen molar-refractivity contribution in [1.82, 2.24) is 10.2 Å². The van der Waals surface area contributed by atoms with Gasteiger partial charge in [0, 0.05) is 19.1 Å². The summed E-state index contributed by atoms with van der Waals surface area (Å²) < 4.78 is 5.71. The van der Waals surface area contributed by atoms with E-state index >= 15 is 0 Å². The number of para-hydroxylation sites is 1. The highest BCUT2D eigenvalue weighted by molar-refractivity contribution is 5.80. The lowest BCUT2D eigenvalue weighted by Crippen LogP contribution is -2.38. The van der Waals surface area contributed by atoms with Gasteiger partial charge in [0.25, 0.3) is 5.91 Å². The Kier molecular flexibility index (Phi) is 7.26. The minimum Gasteiger partial charge on any atom is -0.480 e. The number of nitrogens with one attached hydrogen (secondary N) is 1. The first-order valence-electron chi connectivity index (χ1n) is 10.3. The highest BCUT2D eigenvalue weighted by Gasteiger charge is 2.20. The number of benzene rings is 2. The first-order valence-corrected chi connectivity index (χ1v) is 10.3. The summed E-state index contributed by atoms with van der Waals surface area (Å²) >= 11 is 0. The lowest BCUT2D eigenvalue weighted by molar-refractivity contribution is -0.127. The van der Waals surface area contributed by atoms with Crippen molar-refractivity contribution in [2.45, 2.75) is 58.3 Å². The van der Waals surface area contributed by atoms with Crippen LogP contribution in [-0.4, -0.2) is 29.5 Å². The van der Waals surface area contributed by atoms with Crippen molar-refractivity contribution in [3.05, 3.63) is 65.2 Å². The van der Waals surface area contributed by atoms with Crippen molar-refractivity contribution in [2.24, 2.45) is 0 Å². The number of hydrogen-bond acceptors (Lipinski definition) is 4. The van der Waals surface area contributed by atoms with Gasteiger partial charge < -0.3 is 10.1 Å². The number of ether oxygens (including phenoxy) is 1. The quantitative estimate of drug-likeness (QED) is 0.774. The van der Waals surface area contributed by atoms with Gasteiger partial charge in [-0.2, -0.15) is 5.26 Å². The van der Waals surface area contributed by atoms with Crippen molar-refractivity contribution in [1.29, 1.82) is 5.26 Å². The standard InChI is InChI=1S/C24H29N3O2/c1-18-9-7-8-14-27(18)17-22-12-4-3-11-21(22)16-26-24(28)19(2)29-23-13-6-5-10-20(23)15-25/h3-6,10-13,18-19H,7-9,14,16-17H2,1-2H3,(H,26,28)/t18-,19-/m1/s1. The fraction of sp³-hybridized carbons (Fsp3) is 0.417. The maximum Gasteiger partial charge on any atom is 0.261 e. The van der Waals surface area contributed by atoms with Gasteiger partial charge in [0.05, 0.1) is 5.56 Å². The van der Waals surface area contributed by atoms with Crippen molar-refractivity contribution in [3.63, 3.8) is 0 Å². The molecule has 2 atom stereocenters. The van der Waals surface area contributed by atoms with E-state index in [1.54, 1.807) is 31.2 Å². The zero-order valence-electron chi connectivity index (χ0n) is 17.2. The molecule has 29 heavy (non-hydrogen) atoms. The molecule has 3 rings (SSSR count). The maximum atomic E-state index is 12.5. The average molecular weight is 392 g/mol. The Morgan fingerprint density at radius 1 is 1.21 bits per heavy atom. The minimum atomic E-state index is -0.682. The Morgan fingerprint density at radius 3 is 2.69 bits per heavy atom. The Hall–Kier alpha value is -2.84. The van der Waals surface area contributed by atoms with E-state index in [0.29, 0.717) is 23.9 Å². The molecule has 1 aliphatic rings. The summed E-state index contributed by atoms with van der Waals surface area (Å²) in [5, 5.41) is 12.2. The molecule has 0 bridgehead atoms. The molecule has 152 valence electrons. The van der Waals surface area contributed by atoms with Crippen LogP contribution in [0.5, 0.6) is 5.75 Å². The second-order valence-corrected chi connectivity index (χ2v) is 7.67. The lowest BCUT2D eigenvalue weighted by atomic mass is 10.0. The van der Waals surface area contributed by atoms with Crippen LogP contribution in [-0.2, 0) is 17.9 Å². The van der Waals surface area contributed by atoms with E-state index in [-0.39, 0.29) is 5.91 Å². The number of nitriles is 1. The summed E-state index contributed by atoms with van der Waals surface area (Å²) in [6, 6.07) is 17.9. The minimum absolute atomic E-state index is 0.195. The summed E-state index contributed by atoms with van der Waals surface area (Å²) in [6.07, 6.45) is 3.13. The SMILES string of the molecule is C[C@@H]1CCCCN1Cc1ccccc1CNC(=O)[C@@H](C)Oc1ccccc1C#N. The summed E-state index contributed by atoms with van der Waals surface area (Å²) in [5.41, 5.74) is 2.81.